The van der Waals surface area contributed by atoms with Gasteiger partial charge in [-0.1, -0.05) is 48.5 Å². The van der Waals surface area contributed by atoms with Gasteiger partial charge in [0, 0.05) is 43.4 Å². The zero-order valence-electron chi connectivity index (χ0n) is 22.4. The number of piperidine rings is 1. The molecule has 5 rings (SSSR count). The number of aromatic nitrogens is 1. The first-order valence-corrected chi connectivity index (χ1v) is 13.7. The van der Waals surface area contributed by atoms with E-state index in [0.29, 0.717) is 29.3 Å². The van der Waals surface area contributed by atoms with Gasteiger partial charge >= 0.3 is 0 Å². The molecule has 1 saturated heterocycles. The summed E-state index contributed by atoms with van der Waals surface area (Å²) in [7, 11) is 0. The minimum Gasteiger partial charge on any atom is -0.371 e. The van der Waals surface area contributed by atoms with Crippen LogP contribution in [0.2, 0.25) is 0 Å². The van der Waals surface area contributed by atoms with Crippen molar-refractivity contribution in [2.75, 3.05) is 23.3 Å². The van der Waals surface area contributed by atoms with E-state index in [4.69, 9.17) is 0 Å². The summed E-state index contributed by atoms with van der Waals surface area (Å²) in [5.41, 5.74) is 4.90. The van der Waals surface area contributed by atoms with Gasteiger partial charge in [0.15, 0.2) is 0 Å². The molecule has 6 nitrogen and oxygen atoms in total. The van der Waals surface area contributed by atoms with Gasteiger partial charge in [0.2, 0.25) is 5.91 Å². The number of nitrogens with zero attached hydrogens (tertiary/aromatic N) is 2. The molecular formula is C33H33FN4O2. The zero-order chi connectivity index (χ0) is 27.7. The fraction of sp³-hybridized carbons (Fsp3) is 0.242. The predicted octanol–water partition coefficient (Wildman–Crippen LogP) is 5.79. The van der Waals surface area contributed by atoms with Crippen molar-refractivity contribution in [2.45, 2.75) is 32.2 Å². The van der Waals surface area contributed by atoms with Crippen molar-refractivity contribution in [3.8, 4) is 0 Å². The third-order valence-electron chi connectivity index (χ3n) is 7.30. The standard InChI is InChI=1S/C33H33FN4O2/c34-28-10-8-25(9-11-28)20-32(39)37-29-12-13-31(30(21-29)33(40)36-23-27-7-4-16-35-22-27)38-17-14-26(15-18-38)19-24-5-2-1-3-6-24/h1-13,16,21-22,26H,14-15,17-20,23H2,(H,36,40)(H,37,39). The number of pyridine rings is 1. The quantitative estimate of drug-likeness (QED) is 0.284. The third kappa shape index (κ3) is 7.32. The Hall–Kier alpha value is -4.52. The molecule has 0 bridgehead atoms. The van der Waals surface area contributed by atoms with E-state index >= 15 is 0 Å². The molecule has 0 spiro atoms. The molecule has 4 aromatic rings. The van der Waals surface area contributed by atoms with E-state index in [9.17, 15) is 14.0 Å². The van der Waals surface area contributed by atoms with Crippen molar-refractivity contribution >= 4 is 23.2 Å². The minimum atomic E-state index is -0.342. The second kappa shape index (κ2) is 13.0. The van der Waals surface area contributed by atoms with Gasteiger partial charge in [-0.05, 0) is 78.3 Å². The molecular weight excluding hydrogens is 503 g/mol. The molecule has 0 radical (unpaired) electrons. The van der Waals surface area contributed by atoms with E-state index in [1.54, 1.807) is 30.6 Å². The number of nitrogens with one attached hydrogen (secondary N) is 2. The van der Waals surface area contributed by atoms with Crippen LogP contribution in [0.25, 0.3) is 0 Å². The summed E-state index contributed by atoms with van der Waals surface area (Å²) < 4.78 is 13.2. The van der Waals surface area contributed by atoms with E-state index < -0.39 is 0 Å². The number of hydrogen-bond acceptors (Lipinski definition) is 4. The molecule has 2 heterocycles. The van der Waals surface area contributed by atoms with Crippen LogP contribution in [-0.2, 0) is 24.2 Å². The highest BCUT2D eigenvalue weighted by Gasteiger charge is 2.24. The van der Waals surface area contributed by atoms with Gasteiger partial charge in [-0.15, -0.1) is 0 Å². The topological polar surface area (TPSA) is 74.3 Å². The second-order valence-corrected chi connectivity index (χ2v) is 10.2. The Bertz CT molecular complexity index is 1420. The van der Waals surface area contributed by atoms with Crippen molar-refractivity contribution in [1.82, 2.24) is 10.3 Å². The van der Waals surface area contributed by atoms with Crippen LogP contribution in [0.1, 0.15) is 39.9 Å². The van der Waals surface area contributed by atoms with E-state index in [0.717, 1.165) is 43.6 Å². The fourth-order valence-corrected chi connectivity index (χ4v) is 5.17. The normalized spacial score (nSPS) is 13.6. The Morgan fingerprint density at radius 3 is 2.35 bits per heavy atom. The van der Waals surface area contributed by atoms with Crippen molar-refractivity contribution in [3.05, 3.63) is 125 Å². The van der Waals surface area contributed by atoms with Crippen LogP contribution in [0.4, 0.5) is 15.8 Å². The highest BCUT2D eigenvalue weighted by atomic mass is 19.1. The van der Waals surface area contributed by atoms with E-state index in [-0.39, 0.29) is 24.1 Å². The van der Waals surface area contributed by atoms with Gasteiger partial charge < -0.3 is 15.5 Å². The average Bonchev–Trinajstić information content (AvgIpc) is 2.98. The summed E-state index contributed by atoms with van der Waals surface area (Å²) >= 11 is 0. The van der Waals surface area contributed by atoms with Crippen molar-refractivity contribution in [1.29, 1.82) is 0 Å². The molecule has 3 aromatic carbocycles. The Kier molecular flexibility index (Phi) is 8.81. The van der Waals surface area contributed by atoms with Gasteiger partial charge in [-0.25, -0.2) is 4.39 Å². The predicted molar refractivity (Wildman–Crippen MR) is 156 cm³/mol. The maximum atomic E-state index is 13.4. The largest absolute Gasteiger partial charge is 0.371 e. The second-order valence-electron chi connectivity index (χ2n) is 10.2. The lowest BCUT2D eigenvalue weighted by atomic mass is 9.89. The highest BCUT2D eigenvalue weighted by molar-refractivity contribution is 6.02. The number of rotatable bonds is 9. The first-order chi connectivity index (χ1) is 19.5. The lowest BCUT2D eigenvalue weighted by molar-refractivity contribution is -0.115. The molecule has 1 aromatic heterocycles. The Morgan fingerprint density at radius 1 is 0.875 bits per heavy atom. The zero-order valence-corrected chi connectivity index (χ0v) is 22.4. The summed E-state index contributed by atoms with van der Waals surface area (Å²) in [4.78, 5) is 32.5. The molecule has 0 atom stereocenters. The fourth-order valence-electron chi connectivity index (χ4n) is 5.17. The number of anilines is 2. The van der Waals surface area contributed by atoms with Gasteiger partial charge in [0.25, 0.3) is 5.91 Å². The third-order valence-corrected chi connectivity index (χ3v) is 7.30. The molecule has 2 amide bonds. The van der Waals surface area contributed by atoms with Crippen LogP contribution in [-0.4, -0.2) is 29.9 Å². The van der Waals surface area contributed by atoms with Gasteiger partial charge in [0.1, 0.15) is 5.82 Å². The number of hydrogen-bond donors (Lipinski definition) is 2. The van der Waals surface area contributed by atoms with E-state index in [1.807, 2.05) is 30.3 Å². The molecule has 204 valence electrons. The van der Waals surface area contributed by atoms with Crippen LogP contribution in [0, 0.1) is 11.7 Å². The van der Waals surface area contributed by atoms with Crippen molar-refractivity contribution in [3.63, 3.8) is 0 Å². The highest BCUT2D eigenvalue weighted by Crippen LogP contribution is 2.30. The number of carbonyl (C=O) groups excluding carboxylic acids is 2. The smallest absolute Gasteiger partial charge is 0.253 e. The van der Waals surface area contributed by atoms with Crippen LogP contribution in [0.5, 0.6) is 0 Å². The van der Waals surface area contributed by atoms with Gasteiger partial charge in [0.05, 0.1) is 12.0 Å². The molecule has 0 aliphatic carbocycles. The lowest BCUT2D eigenvalue weighted by Gasteiger charge is -2.35. The Morgan fingerprint density at radius 2 is 1.62 bits per heavy atom. The van der Waals surface area contributed by atoms with Crippen LogP contribution in [0.15, 0.2) is 97.3 Å². The maximum absolute atomic E-state index is 13.4. The van der Waals surface area contributed by atoms with Crippen molar-refractivity contribution in [2.24, 2.45) is 5.92 Å². The molecule has 1 fully saturated rings. The Labute approximate surface area is 234 Å². The lowest BCUT2D eigenvalue weighted by Crippen LogP contribution is -2.36. The number of carbonyl (C=O) groups is 2. The molecule has 2 N–H and O–H groups in total. The SMILES string of the molecule is O=C(Cc1ccc(F)cc1)Nc1ccc(N2CCC(Cc3ccccc3)CC2)c(C(=O)NCc2cccnc2)c1. The van der Waals surface area contributed by atoms with E-state index in [2.05, 4.69) is 44.8 Å². The first kappa shape index (κ1) is 27.1. The van der Waals surface area contributed by atoms with Gasteiger partial charge in [-0.3, -0.25) is 14.6 Å². The molecule has 7 heteroatoms. The summed E-state index contributed by atoms with van der Waals surface area (Å²) in [6.45, 7) is 2.07. The molecule has 0 saturated carbocycles. The average molecular weight is 537 g/mol. The Balaban J connectivity index is 1.30. The number of halogens is 1. The maximum Gasteiger partial charge on any atom is 0.253 e. The summed E-state index contributed by atoms with van der Waals surface area (Å²) in [5, 5.41) is 5.91. The summed E-state index contributed by atoms with van der Waals surface area (Å²) in [6, 6.07) is 25.7. The molecule has 0 unspecified atom stereocenters. The molecule has 40 heavy (non-hydrogen) atoms. The summed E-state index contributed by atoms with van der Waals surface area (Å²) in [6.07, 6.45) is 6.68. The van der Waals surface area contributed by atoms with Crippen LogP contribution in [0.3, 0.4) is 0 Å². The van der Waals surface area contributed by atoms with Crippen molar-refractivity contribution < 1.29 is 14.0 Å². The monoisotopic (exact) mass is 536 g/mol. The van der Waals surface area contributed by atoms with Crippen LogP contribution >= 0.6 is 0 Å². The minimum absolute atomic E-state index is 0.111. The van der Waals surface area contributed by atoms with Crippen LogP contribution < -0.4 is 15.5 Å². The van der Waals surface area contributed by atoms with Gasteiger partial charge in [-0.2, -0.15) is 0 Å². The number of amides is 2. The summed E-state index contributed by atoms with van der Waals surface area (Å²) in [5.74, 6) is -0.181. The molecule has 1 aliphatic heterocycles. The van der Waals surface area contributed by atoms with E-state index in [1.165, 1.54) is 17.7 Å². The molecule has 1 aliphatic rings. The first-order valence-electron chi connectivity index (χ1n) is 13.7. The number of benzene rings is 3.